The van der Waals surface area contributed by atoms with Gasteiger partial charge in [0.05, 0.1) is 10.7 Å². The number of benzene rings is 1. The van der Waals surface area contributed by atoms with E-state index in [-0.39, 0.29) is 5.91 Å². The van der Waals surface area contributed by atoms with Crippen molar-refractivity contribution in [3.05, 3.63) is 52.1 Å². The fraction of sp³-hybridized carbons (Fsp3) is 0.188. The summed E-state index contributed by atoms with van der Waals surface area (Å²) in [5.41, 5.74) is 1.44. The van der Waals surface area contributed by atoms with Crippen LogP contribution in [0.25, 0.3) is 11.3 Å². The molecule has 124 valence electrons. The van der Waals surface area contributed by atoms with E-state index in [0.717, 1.165) is 5.56 Å². The molecule has 0 saturated heterocycles. The summed E-state index contributed by atoms with van der Waals surface area (Å²) < 4.78 is 1.80. The maximum atomic E-state index is 12.0. The van der Waals surface area contributed by atoms with Crippen LogP contribution in [0.2, 0.25) is 10.0 Å². The largest absolute Gasteiger partial charge is 0.302 e. The Morgan fingerprint density at radius 3 is 3.00 bits per heavy atom. The van der Waals surface area contributed by atoms with Crippen LogP contribution in [-0.4, -0.2) is 20.7 Å². The Morgan fingerprint density at radius 2 is 2.21 bits per heavy atom. The average Bonchev–Trinajstić information content (AvgIpc) is 3.21. The molecule has 0 radical (unpaired) electrons. The summed E-state index contributed by atoms with van der Waals surface area (Å²) in [6.07, 6.45) is 4.72. The van der Waals surface area contributed by atoms with E-state index in [1.807, 2.05) is 17.6 Å². The number of thiazole rings is 1. The molecule has 2 heterocycles. The van der Waals surface area contributed by atoms with Gasteiger partial charge in [0.2, 0.25) is 5.91 Å². The third-order valence-electron chi connectivity index (χ3n) is 3.31. The molecule has 1 aromatic carbocycles. The molecule has 0 fully saturated rings. The number of carbonyl (C=O) groups is 1. The van der Waals surface area contributed by atoms with Crippen molar-refractivity contribution in [2.75, 3.05) is 5.32 Å². The predicted molar refractivity (Wildman–Crippen MR) is 97.7 cm³/mol. The zero-order valence-electron chi connectivity index (χ0n) is 12.6. The summed E-state index contributed by atoms with van der Waals surface area (Å²) in [6, 6.07) is 7.07. The Morgan fingerprint density at radius 1 is 1.33 bits per heavy atom. The van der Waals surface area contributed by atoms with Gasteiger partial charge in [-0.25, -0.2) is 4.98 Å². The fourth-order valence-corrected chi connectivity index (χ4v) is 3.28. The molecule has 1 N–H and O–H groups in total. The van der Waals surface area contributed by atoms with Gasteiger partial charge in [-0.05, 0) is 30.7 Å². The van der Waals surface area contributed by atoms with Gasteiger partial charge in [0.1, 0.15) is 0 Å². The molecule has 0 saturated carbocycles. The van der Waals surface area contributed by atoms with Crippen molar-refractivity contribution in [3.8, 4) is 11.3 Å². The van der Waals surface area contributed by atoms with E-state index in [1.54, 1.807) is 29.1 Å². The van der Waals surface area contributed by atoms with E-state index in [0.29, 0.717) is 40.3 Å². The van der Waals surface area contributed by atoms with Crippen LogP contribution in [0.4, 0.5) is 5.13 Å². The molecule has 3 aromatic rings. The summed E-state index contributed by atoms with van der Waals surface area (Å²) in [6.45, 7) is 0.710. The van der Waals surface area contributed by atoms with Crippen molar-refractivity contribution >= 4 is 45.6 Å². The predicted octanol–water partition coefficient (Wildman–Crippen LogP) is 4.73. The summed E-state index contributed by atoms with van der Waals surface area (Å²) in [4.78, 5) is 16.4. The first kappa shape index (κ1) is 17.0. The number of halogens is 2. The van der Waals surface area contributed by atoms with E-state index in [9.17, 15) is 4.79 Å². The fourth-order valence-electron chi connectivity index (χ4n) is 2.16. The first-order valence-electron chi connectivity index (χ1n) is 7.30. The molecule has 0 unspecified atom stereocenters. The lowest BCUT2D eigenvalue weighted by molar-refractivity contribution is -0.116. The van der Waals surface area contributed by atoms with Crippen LogP contribution in [0, 0.1) is 0 Å². The Hall–Kier alpha value is -1.89. The number of carbonyl (C=O) groups excluding carboxylic acids is 1. The van der Waals surface area contributed by atoms with Gasteiger partial charge < -0.3 is 5.32 Å². The van der Waals surface area contributed by atoms with Crippen LogP contribution < -0.4 is 5.32 Å². The zero-order chi connectivity index (χ0) is 16.9. The molecular weight excluding hydrogens is 367 g/mol. The third-order valence-corrected chi connectivity index (χ3v) is 4.63. The normalized spacial score (nSPS) is 10.8. The second-order valence-electron chi connectivity index (χ2n) is 5.08. The molecule has 8 heteroatoms. The lowest BCUT2D eigenvalue weighted by atomic mass is 10.2. The van der Waals surface area contributed by atoms with Crippen LogP contribution in [0.15, 0.2) is 42.0 Å². The molecule has 0 aliphatic heterocycles. The minimum Gasteiger partial charge on any atom is -0.302 e. The molecule has 0 spiro atoms. The van der Waals surface area contributed by atoms with Gasteiger partial charge >= 0.3 is 0 Å². The summed E-state index contributed by atoms with van der Waals surface area (Å²) in [5.74, 6) is -0.0692. The standard InChI is InChI=1S/C16H14Cl2N4OS/c17-11-4-5-13(18)12(9-11)14-10-24-16(20-14)21-15(23)3-1-7-22-8-2-6-19-22/h2,4-6,8-10H,1,3,7H2,(H,20,21,23). The number of aryl methyl sites for hydroxylation is 1. The quantitative estimate of drug-likeness (QED) is 0.671. The highest BCUT2D eigenvalue weighted by atomic mass is 35.5. The number of aromatic nitrogens is 3. The molecule has 1 amide bonds. The molecule has 2 aromatic heterocycles. The Bertz CT molecular complexity index is 832. The van der Waals surface area contributed by atoms with E-state index < -0.39 is 0 Å². The third kappa shape index (κ3) is 4.35. The van der Waals surface area contributed by atoms with Crippen molar-refractivity contribution < 1.29 is 4.79 Å². The molecule has 3 rings (SSSR count). The van der Waals surface area contributed by atoms with Crippen LogP contribution in [0.3, 0.4) is 0 Å². The molecule has 0 atom stereocenters. The molecule has 0 aliphatic carbocycles. The van der Waals surface area contributed by atoms with E-state index >= 15 is 0 Å². The molecule has 5 nitrogen and oxygen atoms in total. The number of rotatable bonds is 6. The number of nitrogens with zero attached hydrogens (tertiary/aromatic N) is 3. The first-order chi connectivity index (χ1) is 11.6. The number of anilines is 1. The van der Waals surface area contributed by atoms with E-state index in [1.165, 1.54) is 11.3 Å². The maximum Gasteiger partial charge on any atom is 0.226 e. The first-order valence-corrected chi connectivity index (χ1v) is 8.93. The number of nitrogens with one attached hydrogen (secondary N) is 1. The van der Waals surface area contributed by atoms with Gasteiger partial charge in [-0.15, -0.1) is 11.3 Å². The second kappa shape index (κ2) is 7.79. The molecular formula is C16H14Cl2N4OS. The zero-order valence-corrected chi connectivity index (χ0v) is 14.9. The maximum absolute atomic E-state index is 12.0. The van der Waals surface area contributed by atoms with Crippen molar-refractivity contribution in [3.63, 3.8) is 0 Å². The monoisotopic (exact) mass is 380 g/mol. The van der Waals surface area contributed by atoms with E-state index in [2.05, 4.69) is 15.4 Å². The Labute approximate surface area is 153 Å². The lowest BCUT2D eigenvalue weighted by Gasteiger charge is -2.03. The van der Waals surface area contributed by atoms with Crippen molar-refractivity contribution in [1.82, 2.24) is 14.8 Å². The highest BCUT2D eigenvalue weighted by molar-refractivity contribution is 7.14. The highest BCUT2D eigenvalue weighted by Crippen LogP contribution is 2.32. The van der Waals surface area contributed by atoms with Gasteiger partial charge in [0.15, 0.2) is 5.13 Å². The van der Waals surface area contributed by atoms with Gasteiger partial charge in [0, 0.05) is 41.3 Å². The van der Waals surface area contributed by atoms with Gasteiger partial charge in [-0.1, -0.05) is 23.2 Å². The van der Waals surface area contributed by atoms with Gasteiger partial charge in [-0.2, -0.15) is 5.10 Å². The number of amides is 1. The average molecular weight is 381 g/mol. The Kier molecular flexibility index (Phi) is 5.50. The lowest BCUT2D eigenvalue weighted by Crippen LogP contribution is -2.12. The van der Waals surface area contributed by atoms with Crippen LogP contribution >= 0.6 is 34.5 Å². The van der Waals surface area contributed by atoms with E-state index in [4.69, 9.17) is 23.2 Å². The number of hydrogen-bond donors (Lipinski definition) is 1. The van der Waals surface area contributed by atoms with Crippen LogP contribution in [0.1, 0.15) is 12.8 Å². The van der Waals surface area contributed by atoms with Gasteiger partial charge in [-0.3, -0.25) is 9.48 Å². The Balaban J connectivity index is 1.57. The molecule has 24 heavy (non-hydrogen) atoms. The SMILES string of the molecule is O=C(CCCn1cccn1)Nc1nc(-c2cc(Cl)ccc2Cl)cs1. The number of hydrogen-bond acceptors (Lipinski definition) is 4. The molecule has 0 bridgehead atoms. The van der Waals surface area contributed by atoms with Gasteiger partial charge in [0.25, 0.3) is 0 Å². The second-order valence-corrected chi connectivity index (χ2v) is 6.78. The smallest absolute Gasteiger partial charge is 0.226 e. The summed E-state index contributed by atoms with van der Waals surface area (Å²) in [5, 5.41) is 10.5. The summed E-state index contributed by atoms with van der Waals surface area (Å²) >= 11 is 13.5. The topological polar surface area (TPSA) is 59.8 Å². The highest BCUT2D eigenvalue weighted by Gasteiger charge is 2.11. The molecule has 0 aliphatic rings. The van der Waals surface area contributed by atoms with Crippen LogP contribution in [0.5, 0.6) is 0 Å². The minimum absolute atomic E-state index is 0.0692. The van der Waals surface area contributed by atoms with Crippen molar-refractivity contribution in [2.45, 2.75) is 19.4 Å². The minimum atomic E-state index is -0.0692. The summed E-state index contributed by atoms with van der Waals surface area (Å²) in [7, 11) is 0. The van der Waals surface area contributed by atoms with Crippen molar-refractivity contribution in [2.24, 2.45) is 0 Å². The van der Waals surface area contributed by atoms with Crippen LogP contribution in [-0.2, 0) is 11.3 Å². The van der Waals surface area contributed by atoms with Crippen molar-refractivity contribution in [1.29, 1.82) is 0 Å².